The maximum absolute atomic E-state index is 12.8. The second-order valence-electron chi connectivity index (χ2n) is 6.59. The summed E-state index contributed by atoms with van der Waals surface area (Å²) in [5.41, 5.74) is 2.48. The van der Waals surface area contributed by atoms with Gasteiger partial charge in [0.15, 0.2) is 4.32 Å². The molecule has 1 aliphatic rings. The number of thiocarbonyl (C=S) groups is 1. The Morgan fingerprint density at radius 2 is 1.52 bits per heavy atom. The van der Waals surface area contributed by atoms with Crippen LogP contribution in [-0.2, 0) is 9.59 Å². The van der Waals surface area contributed by atoms with Crippen molar-refractivity contribution >= 4 is 58.0 Å². The molecule has 4 rings (SSSR count). The van der Waals surface area contributed by atoms with Gasteiger partial charge in [-0.05, 0) is 47.5 Å². The lowest BCUT2D eigenvalue weighted by Gasteiger charge is -2.13. The normalized spacial score (nSPS) is 15.1. The Morgan fingerprint density at radius 1 is 0.871 bits per heavy atom. The van der Waals surface area contributed by atoms with Crippen molar-refractivity contribution in [3.05, 3.63) is 107 Å². The van der Waals surface area contributed by atoms with Gasteiger partial charge in [0.1, 0.15) is 5.75 Å². The number of anilines is 1. The zero-order valence-corrected chi connectivity index (χ0v) is 17.9. The first kappa shape index (κ1) is 20.8. The van der Waals surface area contributed by atoms with Gasteiger partial charge in [0, 0.05) is 6.08 Å². The number of ether oxygens (including phenoxy) is 1. The average Bonchev–Trinajstić information content (AvgIpc) is 3.07. The van der Waals surface area contributed by atoms with Crippen LogP contribution in [0.2, 0.25) is 0 Å². The van der Waals surface area contributed by atoms with Gasteiger partial charge in [0.2, 0.25) is 0 Å². The minimum absolute atomic E-state index is 0.150. The molecule has 3 aromatic rings. The molecule has 0 atom stereocenters. The van der Waals surface area contributed by atoms with Crippen LogP contribution in [-0.4, -0.2) is 16.2 Å². The molecule has 1 aliphatic heterocycles. The molecule has 4 nitrogen and oxygen atoms in total. The average molecular weight is 444 g/mol. The van der Waals surface area contributed by atoms with E-state index in [9.17, 15) is 9.59 Å². The smallest absolute Gasteiger partial charge is 0.336 e. The second kappa shape index (κ2) is 9.55. The first-order valence-corrected chi connectivity index (χ1v) is 10.7. The first-order chi connectivity index (χ1) is 15.1. The van der Waals surface area contributed by atoms with Gasteiger partial charge in [0.25, 0.3) is 5.91 Å². The van der Waals surface area contributed by atoms with E-state index >= 15 is 0 Å². The number of carbonyl (C=O) groups is 2. The molecule has 0 aliphatic carbocycles. The molecule has 0 saturated carbocycles. The maximum Gasteiger partial charge on any atom is 0.336 e. The molecule has 0 aromatic heterocycles. The first-order valence-electron chi connectivity index (χ1n) is 9.48. The van der Waals surface area contributed by atoms with Gasteiger partial charge in [-0.2, -0.15) is 0 Å². The number of benzene rings is 3. The summed E-state index contributed by atoms with van der Waals surface area (Å²) in [6, 6.07) is 25.8. The van der Waals surface area contributed by atoms with Crippen molar-refractivity contribution < 1.29 is 14.3 Å². The zero-order valence-electron chi connectivity index (χ0n) is 16.3. The molecule has 0 radical (unpaired) electrons. The summed E-state index contributed by atoms with van der Waals surface area (Å²) in [6.07, 6.45) is 4.87. The Labute approximate surface area is 189 Å². The van der Waals surface area contributed by atoms with Gasteiger partial charge in [-0.15, -0.1) is 0 Å². The largest absolute Gasteiger partial charge is 0.423 e. The molecule has 152 valence electrons. The standard InChI is InChI=1S/C25H17NO3S2/c27-23(16-13-18-7-3-1-4-8-18)29-21-14-11-19(12-15-21)17-22-24(28)26(25(30)31-22)20-9-5-2-6-10-20/h1-17H/b16-13+,22-17+. The van der Waals surface area contributed by atoms with Gasteiger partial charge in [-0.1, -0.05) is 84.6 Å². The minimum Gasteiger partial charge on any atom is -0.423 e. The van der Waals surface area contributed by atoms with Crippen molar-refractivity contribution in [2.75, 3.05) is 4.90 Å². The van der Waals surface area contributed by atoms with E-state index in [4.69, 9.17) is 17.0 Å². The Balaban J connectivity index is 1.42. The number of carbonyl (C=O) groups excluding carboxylic acids is 2. The van der Waals surface area contributed by atoms with Crippen LogP contribution < -0.4 is 9.64 Å². The van der Waals surface area contributed by atoms with Crippen LogP contribution in [0.5, 0.6) is 5.75 Å². The summed E-state index contributed by atoms with van der Waals surface area (Å²) in [5.74, 6) is -0.181. The predicted molar refractivity (Wildman–Crippen MR) is 130 cm³/mol. The molecule has 1 amide bonds. The van der Waals surface area contributed by atoms with Crippen LogP contribution in [0.1, 0.15) is 11.1 Å². The highest BCUT2D eigenvalue weighted by molar-refractivity contribution is 8.27. The maximum atomic E-state index is 12.8. The van der Waals surface area contributed by atoms with Gasteiger partial charge in [0.05, 0.1) is 10.6 Å². The summed E-state index contributed by atoms with van der Waals surface area (Å²) >= 11 is 6.65. The highest BCUT2D eigenvalue weighted by Crippen LogP contribution is 2.36. The fourth-order valence-electron chi connectivity index (χ4n) is 2.93. The number of nitrogens with zero attached hydrogens (tertiary/aromatic N) is 1. The Hall–Kier alpha value is -3.48. The second-order valence-corrected chi connectivity index (χ2v) is 8.26. The zero-order chi connectivity index (χ0) is 21.6. The van der Waals surface area contributed by atoms with E-state index in [0.29, 0.717) is 15.0 Å². The molecular formula is C25H17NO3S2. The van der Waals surface area contributed by atoms with Crippen LogP contribution >= 0.6 is 24.0 Å². The molecule has 1 heterocycles. The molecule has 31 heavy (non-hydrogen) atoms. The van der Waals surface area contributed by atoms with Crippen molar-refractivity contribution in [3.63, 3.8) is 0 Å². The number of esters is 1. The number of hydrogen-bond donors (Lipinski definition) is 0. The third-order valence-electron chi connectivity index (χ3n) is 4.42. The van der Waals surface area contributed by atoms with Gasteiger partial charge < -0.3 is 4.74 Å². The highest BCUT2D eigenvalue weighted by Gasteiger charge is 2.33. The predicted octanol–water partition coefficient (Wildman–Crippen LogP) is 5.71. The fraction of sp³-hybridized carbons (Fsp3) is 0. The van der Waals surface area contributed by atoms with Gasteiger partial charge >= 0.3 is 5.97 Å². The van der Waals surface area contributed by atoms with E-state index in [-0.39, 0.29) is 5.91 Å². The molecular weight excluding hydrogens is 426 g/mol. The van der Waals surface area contributed by atoms with Crippen molar-refractivity contribution in [1.82, 2.24) is 0 Å². The summed E-state index contributed by atoms with van der Waals surface area (Å²) in [6.45, 7) is 0. The fourth-order valence-corrected chi connectivity index (χ4v) is 4.23. The number of amides is 1. The SMILES string of the molecule is O=C(/C=C/c1ccccc1)Oc1ccc(/C=C2/SC(=S)N(c3ccccc3)C2=O)cc1. The number of para-hydroxylation sites is 1. The lowest BCUT2D eigenvalue weighted by atomic mass is 10.2. The third-order valence-corrected chi connectivity index (χ3v) is 5.72. The van der Waals surface area contributed by atoms with Crippen molar-refractivity contribution in [2.24, 2.45) is 0 Å². The lowest BCUT2D eigenvalue weighted by molar-refractivity contribution is -0.128. The summed E-state index contributed by atoms with van der Waals surface area (Å²) < 4.78 is 5.82. The van der Waals surface area contributed by atoms with E-state index < -0.39 is 5.97 Å². The number of thioether (sulfide) groups is 1. The molecule has 0 spiro atoms. The van der Waals surface area contributed by atoms with E-state index in [2.05, 4.69) is 0 Å². The number of rotatable bonds is 5. The van der Waals surface area contributed by atoms with Gasteiger partial charge in [-0.25, -0.2) is 4.79 Å². The molecule has 0 N–H and O–H groups in total. The van der Waals surface area contributed by atoms with Crippen LogP contribution in [0.15, 0.2) is 95.9 Å². The Morgan fingerprint density at radius 3 is 2.19 bits per heavy atom. The highest BCUT2D eigenvalue weighted by atomic mass is 32.2. The van der Waals surface area contributed by atoms with Crippen molar-refractivity contribution in [1.29, 1.82) is 0 Å². The van der Waals surface area contributed by atoms with Crippen LogP contribution in [0.3, 0.4) is 0 Å². The summed E-state index contributed by atoms with van der Waals surface area (Å²) in [5, 5.41) is 0. The van der Waals surface area contributed by atoms with Crippen LogP contribution in [0.25, 0.3) is 12.2 Å². The minimum atomic E-state index is -0.458. The van der Waals surface area contributed by atoms with Crippen LogP contribution in [0.4, 0.5) is 5.69 Å². The third kappa shape index (κ3) is 5.17. The summed E-state index contributed by atoms with van der Waals surface area (Å²) in [4.78, 5) is 26.9. The molecule has 3 aromatic carbocycles. The monoisotopic (exact) mass is 443 g/mol. The molecule has 0 unspecified atom stereocenters. The van der Waals surface area contributed by atoms with Crippen molar-refractivity contribution in [3.8, 4) is 5.75 Å². The van der Waals surface area contributed by atoms with E-state index in [1.54, 1.807) is 36.4 Å². The topological polar surface area (TPSA) is 46.6 Å². The van der Waals surface area contributed by atoms with E-state index in [0.717, 1.165) is 16.8 Å². The quantitative estimate of drug-likeness (QED) is 0.219. The van der Waals surface area contributed by atoms with E-state index in [1.165, 1.54) is 22.7 Å². The Bertz CT molecular complexity index is 1170. The Kier molecular flexibility index (Phi) is 6.40. The number of hydrogen-bond acceptors (Lipinski definition) is 5. The lowest BCUT2D eigenvalue weighted by Crippen LogP contribution is -2.27. The molecule has 6 heteroatoms. The summed E-state index contributed by atoms with van der Waals surface area (Å²) in [7, 11) is 0. The molecule has 1 fully saturated rings. The van der Waals surface area contributed by atoms with E-state index in [1.807, 2.05) is 60.7 Å². The van der Waals surface area contributed by atoms with Crippen molar-refractivity contribution in [2.45, 2.75) is 0 Å². The molecule has 1 saturated heterocycles. The van der Waals surface area contributed by atoms with Crippen LogP contribution in [0, 0.1) is 0 Å². The molecule has 0 bridgehead atoms. The van der Waals surface area contributed by atoms with Gasteiger partial charge in [-0.3, -0.25) is 9.69 Å².